The predicted octanol–water partition coefficient (Wildman–Crippen LogP) is 9.82. The molecule has 0 aliphatic heterocycles. The van der Waals surface area contributed by atoms with E-state index in [9.17, 15) is 5.26 Å². The Labute approximate surface area is 234 Å². The number of para-hydroxylation sites is 1. The molecule has 0 aliphatic rings. The van der Waals surface area contributed by atoms with Crippen LogP contribution >= 0.6 is 0 Å². The molecule has 0 fully saturated rings. The van der Waals surface area contributed by atoms with Crippen LogP contribution in [0.5, 0.6) is 5.75 Å². The minimum atomic E-state index is 0.738. The van der Waals surface area contributed by atoms with Crippen molar-refractivity contribution in [1.82, 2.24) is 0 Å². The Hall–Kier alpha value is -5.33. The lowest BCUT2D eigenvalue weighted by Gasteiger charge is -2.25. The number of ether oxygens (including phenoxy) is 1. The van der Waals surface area contributed by atoms with E-state index >= 15 is 0 Å². The smallest absolute Gasteiger partial charge is 0.119 e. The number of rotatable bonds is 6. The number of anilines is 3. The van der Waals surface area contributed by atoms with Crippen LogP contribution in [0.4, 0.5) is 17.1 Å². The van der Waals surface area contributed by atoms with Crippen molar-refractivity contribution < 1.29 is 4.74 Å². The zero-order valence-corrected chi connectivity index (χ0v) is 22.5. The summed E-state index contributed by atoms with van der Waals surface area (Å²) in [6, 6.07) is 44.2. The van der Waals surface area contributed by atoms with E-state index in [0.717, 1.165) is 66.6 Å². The summed E-state index contributed by atoms with van der Waals surface area (Å²) in [6.07, 6.45) is 4.25. The van der Waals surface area contributed by atoms with Gasteiger partial charge in [0, 0.05) is 27.8 Å². The van der Waals surface area contributed by atoms with Gasteiger partial charge in [-0.3, -0.25) is 0 Å². The van der Waals surface area contributed by atoms with E-state index in [-0.39, 0.29) is 0 Å². The molecule has 0 saturated carbocycles. The van der Waals surface area contributed by atoms with Crippen LogP contribution in [0.15, 0.2) is 121 Å². The molecular formula is C37H28N2O. The molecule has 192 valence electrons. The second kappa shape index (κ2) is 10.8. The Morgan fingerprint density at radius 2 is 1.27 bits per heavy atom. The topological polar surface area (TPSA) is 36.3 Å². The third kappa shape index (κ3) is 4.91. The largest absolute Gasteiger partial charge is 0.497 e. The van der Waals surface area contributed by atoms with Gasteiger partial charge in [-0.05, 0) is 89.5 Å². The zero-order chi connectivity index (χ0) is 27.5. The molecule has 0 saturated heterocycles. The van der Waals surface area contributed by atoms with E-state index in [4.69, 9.17) is 4.74 Å². The Bertz CT molecular complexity index is 1880. The third-order valence-corrected chi connectivity index (χ3v) is 7.21. The summed E-state index contributed by atoms with van der Waals surface area (Å²) < 4.78 is 5.36. The second-order valence-electron chi connectivity index (χ2n) is 9.86. The first-order valence-electron chi connectivity index (χ1n) is 13.3. The molecule has 0 aromatic heterocycles. The highest BCUT2D eigenvalue weighted by Crippen LogP contribution is 2.35. The summed E-state index contributed by atoms with van der Waals surface area (Å²) in [4.78, 5) is 2.23. The van der Waals surface area contributed by atoms with Gasteiger partial charge in [-0.15, -0.1) is 0 Å². The molecule has 40 heavy (non-hydrogen) atoms. The van der Waals surface area contributed by atoms with Gasteiger partial charge >= 0.3 is 0 Å². The summed E-state index contributed by atoms with van der Waals surface area (Å²) in [5, 5.41) is 14.1. The first-order valence-corrected chi connectivity index (χ1v) is 13.3. The van der Waals surface area contributed by atoms with Crippen LogP contribution < -0.4 is 9.64 Å². The SMILES string of the molecule is COc1ccc(N(c2ccccc2)c2ccc(/C=C/c3ccc4c(C#N)c5cc(C)ccc5cc4c3)cc2)cc1. The van der Waals surface area contributed by atoms with Gasteiger partial charge in [0.2, 0.25) is 0 Å². The van der Waals surface area contributed by atoms with Gasteiger partial charge in [0.15, 0.2) is 0 Å². The van der Waals surface area contributed by atoms with Gasteiger partial charge in [-0.1, -0.05) is 78.4 Å². The number of nitrogens with zero attached hydrogens (tertiary/aromatic N) is 2. The number of hydrogen-bond acceptors (Lipinski definition) is 3. The summed E-state index contributed by atoms with van der Waals surface area (Å²) >= 11 is 0. The maximum atomic E-state index is 9.90. The summed E-state index contributed by atoms with van der Waals surface area (Å²) in [7, 11) is 1.68. The minimum absolute atomic E-state index is 0.738. The van der Waals surface area contributed by atoms with Gasteiger partial charge in [-0.25, -0.2) is 0 Å². The number of fused-ring (bicyclic) bond motifs is 2. The Balaban J connectivity index is 1.30. The maximum absolute atomic E-state index is 9.90. The lowest BCUT2D eigenvalue weighted by molar-refractivity contribution is 0.415. The molecule has 0 amide bonds. The lowest BCUT2D eigenvalue weighted by atomic mass is 9.95. The molecule has 0 spiro atoms. The monoisotopic (exact) mass is 516 g/mol. The standard InChI is InChI=1S/C37H28N2O/c1-26-8-14-29-24-30-23-28(13-21-35(30)37(25-38)36(29)22-26)10-9-27-11-15-32(16-12-27)39(31-6-4-3-5-7-31)33-17-19-34(40-2)20-18-33/h3-24H,1-2H3/b10-9+. The molecule has 6 aromatic rings. The van der Waals surface area contributed by atoms with Gasteiger partial charge < -0.3 is 9.64 Å². The number of methoxy groups -OCH3 is 1. The molecule has 0 atom stereocenters. The van der Waals surface area contributed by atoms with E-state index in [1.807, 2.05) is 18.2 Å². The molecule has 0 aliphatic carbocycles. The molecule has 0 N–H and O–H groups in total. The van der Waals surface area contributed by atoms with E-state index in [1.54, 1.807) is 7.11 Å². The molecule has 6 rings (SSSR count). The minimum Gasteiger partial charge on any atom is -0.497 e. The Kier molecular flexibility index (Phi) is 6.75. The van der Waals surface area contributed by atoms with Crippen LogP contribution in [-0.2, 0) is 0 Å². The van der Waals surface area contributed by atoms with Gasteiger partial charge in [0.25, 0.3) is 0 Å². The number of nitriles is 1. The molecule has 3 nitrogen and oxygen atoms in total. The summed E-state index contributed by atoms with van der Waals surface area (Å²) in [5.74, 6) is 0.832. The van der Waals surface area contributed by atoms with Crippen molar-refractivity contribution in [3.05, 3.63) is 144 Å². The Morgan fingerprint density at radius 1 is 0.625 bits per heavy atom. The van der Waals surface area contributed by atoms with Crippen LogP contribution in [0.3, 0.4) is 0 Å². The maximum Gasteiger partial charge on any atom is 0.119 e. The predicted molar refractivity (Wildman–Crippen MR) is 168 cm³/mol. The van der Waals surface area contributed by atoms with Crippen LogP contribution in [-0.4, -0.2) is 7.11 Å². The number of aryl methyl sites for hydroxylation is 1. The van der Waals surface area contributed by atoms with Crippen molar-refractivity contribution in [1.29, 1.82) is 5.26 Å². The molecule has 0 heterocycles. The van der Waals surface area contributed by atoms with Crippen molar-refractivity contribution in [2.24, 2.45) is 0 Å². The average molecular weight is 517 g/mol. The fourth-order valence-electron chi connectivity index (χ4n) is 5.16. The fourth-order valence-corrected chi connectivity index (χ4v) is 5.16. The van der Waals surface area contributed by atoms with Crippen LogP contribution in [0, 0.1) is 18.3 Å². The van der Waals surface area contributed by atoms with Crippen LogP contribution in [0.2, 0.25) is 0 Å². The Morgan fingerprint density at radius 3 is 1.98 bits per heavy atom. The van der Waals surface area contributed by atoms with Crippen LogP contribution in [0.25, 0.3) is 33.7 Å². The van der Waals surface area contributed by atoms with E-state index in [2.05, 4.69) is 133 Å². The average Bonchev–Trinajstić information content (AvgIpc) is 3.00. The highest BCUT2D eigenvalue weighted by molar-refractivity contribution is 6.05. The van der Waals surface area contributed by atoms with Gasteiger partial charge in [0.1, 0.15) is 11.8 Å². The number of benzene rings is 6. The molecular weight excluding hydrogens is 488 g/mol. The van der Waals surface area contributed by atoms with Gasteiger partial charge in [0.05, 0.1) is 12.7 Å². The molecule has 3 heteroatoms. The highest BCUT2D eigenvalue weighted by atomic mass is 16.5. The lowest BCUT2D eigenvalue weighted by Crippen LogP contribution is -2.09. The first kappa shape index (κ1) is 25.0. The van der Waals surface area contributed by atoms with Crippen molar-refractivity contribution in [2.45, 2.75) is 6.92 Å². The van der Waals surface area contributed by atoms with E-state index < -0.39 is 0 Å². The van der Waals surface area contributed by atoms with Crippen molar-refractivity contribution in [2.75, 3.05) is 12.0 Å². The van der Waals surface area contributed by atoms with E-state index in [1.165, 1.54) is 0 Å². The zero-order valence-electron chi connectivity index (χ0n) is 22.5. The quantitative estimate of drug-likeness (QED) is 0.163. The van der Waals surface area contributed by atoms with Crippen LogP contribution in [0.1, 0.15) is 22.3 Å². The second-order valence-corrected chi connectivity index (χ2v) is 9.86. The fraction of sp³-hybridized carbons (Fsp3) is 0.0541. The summed E-state index contributed by atoms with van der Waals surface area (Å²) in [5.41, 5.74) is 7.32. The van der Waals surface area contributed by atoms with Crippen molar-refractivity contribution >= 4 is 50.8 Å². The van der Waals surface area contributed by atoms with Crippen molar-refractivity contribution in [3.8, 4) is 11.8 Å². The van der Waals surface area contributed by atoms with Gasteiger partial charge in [-0.2, -0.15) is 5.26 Å². The van der Waals surface area contributed by atoms with Crippen molar-refractivity contribution in [3.63, 3.8) is 0 Å². The molecule has 0 unspecified atom stereocenters. The first-order chi connectivity index (χ1) is 19.6. The number of hydrogen-bond donors (Lipinski definition) is 0. The third-order valence-electron chi connectivity index (χ3n) is 7.21. The molecule has 0 radical (unpaired) electrons. The normalized spacial score (nSPS) is 11.1. The molecule has 0 bridgehead atoms. The highest BCUT2D eigenvalue weighted by Gasteiger charge is 2.12. The summed E-state index contributed by atoms with van der Waals surface area (Å²) in [6.45, 7) is 2.06. The molecule has 6 aromatic carbocycles. The van der Waals surface area contributed by atoms with E-state index in [0.29, 0.717) is 0 Å².